The molecule has 0 saturated carbocycles. The van der Waals surface area contributed by atoms with Gasteiger partial charge in [-0.1, -0.05) is 0 Å². The highest BCUT2D eigenvalue weighted by molar-refractivity contribution is 7.17. The molecule has 0 saturated heterocycles. The van der Waals surface area contributed by atoms with Crippen molar-refractivity contribution >= 4 is 33.1 Å². The highest BCUT2D eigenvalue weighted by Crippen LogP contribution is 2.33. The summed E-state index contributed by atoms with van der Waals surface area (Å²) < 4.78 is 1.91. The van der Waals surface area contributed by atoms with Gasteiger partial charge in [-0.05, 0) is 11.4 Å². The SMILES string of the molecule is CN(C)n1c(N)c(N)c2ccsc21. The van der Waals surface area contributed by atoms with Crippen LogP contribution in [0.25, 0.3) is 10.2 Å². The number of nitrogens with two attached hydrogens (primary N) is 2. The van der Waals surface area contributed by atoms with E-state index in [1.54, 1.807) is 11.3 Å². The van der Waals surface area contributed by atoms with Crippen LogP contribution in [0.5, 0.6) is 0 Å². The van der Waals surface area contributed by atoms with Crippen molar-refractivity contribution in [1.82, 2.24) is 4.68 Å². The maximum atomic E-state index is 5.86. The highest BCUT2D eigenvalue weighted by Gasteiger charge is 2.14. The lowest BCUT2D eigenvalue weighted by atomic mass is 10.3. The van der Waals surface area contributed by atoms with Gasteiger partial charge < -0.3 is 16.5 Å². The molecular formula is C8H12N4S. The molecule has 4 N–H and O–H groups in total. The zero-order chi connectivity index (χ0) is 9.59. The normalized spacial score (nSPS) is 10.9. The first-order valence-electron chi connectivity index (χ1n) is 3.93. The van der Waals surface area contributed by atoms with Crippen LogP contribution < -0.4 is 16.5 Å². The monoisotopic (exact) mass is 196 g/mol. The Balaban J connectivity index is 2.84. The maximum Gasteiger partial charge on any atom is 0.148 e. The van der Waals surface area contributed by atoms with Crippen molar-refractivity contribution in [2.75, 3.05) is 30.6 Å². The molecule has 0 amide bonds. The fourth-order valence-corrected chi connectivity index (χ4v) is 2.43. The third-order valence-corrected chi connectivity index (χ3v) is 2.92. The smallest absolute Gasteiger partial charge is 0.148 e. The number of nitrogen functional groups attached to an aromatic ring is 2. The lowest BCUT2D eigenvalue weighted by Crippen LogP contribution is -2.25. The van der Waals surface area contributed by atoms with Gasteiger partial charge in [0.1, 0.15) is 10.6 Å². The van der Waals surface area contributed by atoms with Gasteiger partial charge in [0.05, 0.1) is 5.69 Å². The quantitative estimate of drug-likeness (QED) is 0.717. The third-order valence-electron chi connectivity index (χ3n) is 2.03. The van der Waals surface area contributed by atoms with Crippen LogP contribution in [0.4, 0.5) is 11.5 Å². The average molecular weight is 196 g/mol. The van der Waals surface area contributed by atoms with E-state index in [2.05, 4.69) is 0 Å². The van der Waals surface area contributed by atoms with E-state index < -0.39 is 0 Å². The standard InChI is InChI=1S/C8H12N4S/c1-11(2)12-7(10)6(9)5-3-4-13-8(5)12/h3-4H,9-10H2,1-2H3. The van der Waals surface area contributed by atoms with Crippen molar-refractivity contribution in [1.29, 1.82) is 0 Å². The second kappa shape index (κ2) is 2.56. The molecule has 5 heteroatoms. The first-order chi connectivity index (χ1) is 6.13. The minimum atomic E-state index is 0.617. The molecule has 0 spiro atoms. The van der Waals surface area contributed by atoms with E-state index in [0.717, 1.165) is 10.2 Å². The number of anilines is 2. The Morgan fingerprint density at radius 3 is 2.69 bits per heavy atom. The van der Waals surface area contributed by atoms with E-state index in [-0.39, 0.29) is 0 Å². The Labute approximate surface area is 80.3 Å². The minimum absolute atomic E-state index is 0.617. The summed E-state index contributed by atoms with van der Waals surface area (Å²) in [5.74, 6) is 0.617. The van der Waals surface area contributed by atoms with Crippen molar-refractivity contribution in [3.05, 3.63) is 11.4 Å². The maximum absolute atomic E-state index is 5.86. The molecule has 0 aromatic carbocycles. The molecule has 2 rings (SSSR count). The fourth-order valence-electron chi connectivity index (χ4n) is 1.43. The fraction of sp³-hybridized carbons (Fsp3) is 0.250. The summed E-state index contributed by atoms with van der Waals surface area (Å²) in [5, 5.41) is 4.97. The van der Waals surface area contributed by atoms with E-state index in [9.17, 15) is 0 Å². The van der Waals surface area contributed by atoms with Gasteiger partial charge in [-0.2, -0.15) is 0 Å². The largest absolute Gasteiger partial charge is 0.395 e. The number of fused-ring (bicyclic) bond motifs is 1. The molecule has 0 bridgehead atoms. The van der Waals surface area contributed by atoms with Gasteiger partial charge in [-0.15, -0.1) is 11.3 Å². The van der Waals surface area contributed by atoms with Crippen LogP contribution in [0.15, 0.2) is 11.4 Å². The van der Waals surface area contributed by atoms with Crippen LogP contribution in [0.1, 0.15) is 0 Å². The second-order valence-corrected chi connectivity index (χ2v) is 3.99. The predicted molar refractivity (Wildman–Crippen MR) is 58.7 cm³/mol. The van der Waals surface area contributed by atoms with Gasteiger partial charge in [0.15, 0.2) is 0 Å². The van der Waals surface area contributed by atoms with Crippen molar-refractivity contribution in [2.45, 2.75) is 0 Å². The van der Waals surface area contributed by atoms with Crippen LogP contribution in [0.2, 0.25) is 0 Å². The van der Waals surface area contributed by atoms with Gasteiger partial charge >= 0.3 is 0 Å². The summed E-state index contributed by atoms with van der Waals surface area (Å²) in [6.45, 7) is 0. The van der Waals surface area contributed by atoms with E-state index >= 15 is 0 Å². The van der Waals surface area contributed by atoms with Gasteiger partial charge in [0, 0.05) is 19.5 Å². The lowest BCUT2D eigenvalue weighted by Gasteiger charge is -2.16. The first-order valence-corrected chi connectivity index (χ1v) is 4.81. The molecule has 0 unspecified atom stereocenters. The zero-order valence-electron chi connectivity index (χ0n) is 7.61. The summed E-state index contributed by atoms with van der Waals surface area (Å²) in [7, 11) is 3.88. The van der Waals surface area contributed by atoms with Crippen LogP contribution in [0.3, 0.4) is 0 Å². The topological polar surface area (TPSA) is 60.2 Å². The molecule has 0 aliphatic carbocycles. The van der Waals surface area contributed by atoms with Gasteiger partial charge in [0.25, 0.3) is 0 Å². The molecule has 0 atom stereocenters. The van der Waals surface area contributed by atoms with E-state index in [0.29, 0.717) is 11.5 Å². The molecule has 0 aliphatic rings. The minimum Gasteiger partial charge on any atom is -0.395 e. The summed E-state index contributed by atoms with van der Waals surface area (Å²) >= 11 is 1.64. The molecule has 13 heavy (non-hydrogen) atoms. The Bertz CT molecular complexity index is 440. The predicted octanol–water partition coefficient (Wildman–Crippen LogP) is 1.06. The molecular weight excluding hydrogens is 184 g/mol. The second-order valence-electron chi connectivity index (χ2n) is 3.10. The molecule has 0 radical (unpaired) electrons. The van der Waals surface area contributed by atoms with Crippen LogP contribution >= 0.6 is 11.3 Å². The Kier molecular flexibility index (Phi) is 1.63. The highest BCUT2D eigenvalue weighted by atomic mass is 32.1. The van der Waals surface area contributed by atoms with E-state index in [1.165, 1.54) is 0 Å². The summed E-state index contributed by atoms with van der Waals surface area (Å²) in [6, 6.07) is 1.99. The molecule has 2 aromatic rings. The van der Waals surface area contributed by atoms with E-state index in [1.807, 2.05) is 35.2 Å². The third kappa shape index (κ3) is 0.968. The molecule has 2 heterocycles. The van der Waals surface area contributed by atoms with Crippen molar-refractivity contribution in [3.63, 3.8) is 0 Å². The number of hydrogen-bond donors (Lipinski definition) is 2. The van der Waals surface area contributed by atoms with Crippen molar-refractivity contribution in [3.8, 4) is 0 Å². The summed E-state index contributed by atoms with van der Waals surface area (Å²) in [6.07, 6.45) is 0. The van der Waals surface area contributed by atoms with Crippen LogP contribution in [-0.4, -0.2) is 18.8 Å². The molecule has 0 aliphatic heterocycles. The number of nitrogens with zero attached hydrogens (tertiary/aromatic N) is 2. The van der Waals surface area contributed by atoms with Crippen LogP contribution in [0, 0.1) is 0 Å². The van der Waals surface area contributed by atoms with Crippen molar-refractivity contribution < 1.29 is 0 Å². The zero-order valence-corrected chi connectivity index (χ0v) is 8.43. The Morgan fingerprint density at radius 2 is 2.08 bits per heavy atom. The number of thiophene rings is 1. The summed E-state index contributed by atoms with van der Waals surface area (Å²) in [4.78, 5) is 1.10. The first kappa shape index (κ1) is 8.25. The number of hydrogen-bond acceptors (Lipinski definition) is 4. The average Bonchev–Trinajstić information content (AvgIpc) is 2.57. The summed E-state index contributed by atoms with van der Waals surface area (Å²) in [5.41, 5.74) is 12.4. The molecule has 4 nitrogen and oxygen atoms in total. The Morgan fingerprint density at radius 1 is 1.38 bits per heavy atom. The van der Waals surface area contributed by atoms with Gasteiger partial charge in [0.2, 0.25) is 0 Å². The lowest BCUT2D eigenvalue weighted by molar-refractivity contribution is 0.777. The molecule has 0 fully saturated rings. The van der Waals surface area contributed by atoms with Crippen LogP contribution in [-0.2, 0) is 0 Å². The molecule has 2 aromatic heterocycles. The Hall–Kier alpha value is -1.36. The number of aromatic nitrogens is 1. The van der Waals surface area contributed by atoms with Gasteiger partial charge in [-0.3, -0.25) is 0 Å². The van der Waals surface area contributed by atoms with Gasteiger partial charge in [-0.25, -0.2) is 4.68 Å². The number of rotatable bonds is 1. The van der Waals surface area contributed by atoms with Crippen molar-refractivity contribution in [2.24, 2.45) is 0 Å². The molecule has 70 valence electrons. The van der Waals surface area contributed by atoms with E-state index in [4.69, 9.17) is 11.5 Å².